The molecule has 0 aromatic carbocycles. The monoisotopic (exact) mass is 488 g/mol. The lowest BCUT2D eigenvalue weighted by molar-refractivity contribution is -0.910. The molecule has 1 atom stereocenters. The maximum atomic E-state index is 10.6. The van der Waals surface area contributed by atoms with Crippen LogP contribution in [0.3, 0.4) is 0 Å². The molecule has 0 amide bonds. The van der Waals surface area contributed by atoms with Crippen molar-refractivity contribution in [1.29, 1.82) is 0 Å². The van der Waals surface area contributed by atoms with E-state index in [0.29, 0.717) is 19.8 Å². The first-order valence-electron chi connectivity index (χ1n) is 14.4. The van der Waals surface area contributed by atoms with Crippen LogP contribution in [0.2, 0.25) is 0 Å². The van der Waals surface area contributed by atoms with Gasteiger partial charge in [-0.05, 0) is 12.8 Å². The van der Waals surface area contributed by atoms with Gasteiger partial charge in [0.1, 0.15) is 13.1 Å². The number of ether oxygens (including phenoxy) is 2. The maximum Gasteiger partial charge on any atom is 0.305 e. The molecule has 0 bridgehead atoms. The Hall–Kier alpha value is -0.690. The summed E-state index contributed by atoms with van der Waals surface area (Å²) >= 11 is 0. The van der Waals surface area contributed by atoms with Gasteiger partial charge in [0, 0.05) is 0 Å². The van der Waals surface area contributed by atoms with E-state index < -0.39 is 5.97 Å². The second kappa shape index (κ2) is 25.4. The van der Waals surface area contributed by atoms with E-state index >= 15 is 0 Å². The first kappa shape index (κ1) is 33.3. The lowest BCUT2D eigenvalue weighted by Crippen LogP contribution is -2.49. The smallest absolute Gasteiger partial charge is 0.305 e. The highest BCUT2D eigenvalue weighted by Gasteiger charge is 2.21. The molecule has 0 radical (unpaired) electrons. The fraction of sp³-hybridized carbons (Fsp3) is 0.964. The Bertz CT molecular complexity index is 435. The number of hydrogen-bond acceptors (Lipinski definition) is 4. The van der Waals surface area contributed by atoms with Gasteiger partial charge in [0.25, 0.3) is 0 Å². The third kappa shape index (κ3) is 24.4. The fourth-order valence-electron chi connectivity index (χ4n) is 4.38. The molecule has 0 rings (SSSR count). The van der Waals surface area contributed by atoms with Crippen molar-refractivity contribution in [2.24, 2.45) is 0 Å². The average molecular weight is 489 g/mol. The van der Waals surface area contributed by atoms with Gasteiger partial charge in [0.15, 0.2) is 0 Å². The van der Waals surface area contributed by atoms with Crippen LogP contribution in [0.4, 0.5) is 0 Å². The van der Waals surface area contributed by atoms with E-state index in [4.69, 9.17) is 19.7 Å². The van der Waals surface area contributed by atoms with Crippen LogP contribution in [0.1, 0.15) is 116 Å². The number of aliphatic hydroxyl groups is 1. The molecule has 0 aliphatic rings. The molecule has 0 spiro atoms. The van der Waals surface area contributed by atoms with Crippen LogP contribution >= 0.6 is 0 Å². The molecule has 0 fully saturated rings. The number of rotatable bonds is 28. The maximum absolute atomic E-state index is 10.6. The van der Waals surface area contributed by atoms with Crippen molar-refractivity contribution < 1.29 is 29.0 Å². The normalized spacial score (nSPS) is 13.3. The minimum absolute atomic E-state index is 0.0567. The molecule has 0 aliphatic carbocycles. The number of hydrogen-bond donors (Lipinski definition) is 2. The summed E-state index contributed by atoms with van der Waals surface area (Å²) in [6.07, 6.45) is 22.1. The Kier molecular flexibility index (Phi) is 24.9. The number of carbonyl (C=O) groups is 1. The van der Waals surface area contributed by atoms with Crippen molar-refractivity contribution in [3.63, 3.8) is 0 Å². The van der Waals surface area contributed by atoms with Crippen molar-refractivity contribution in [1.82, 2.24) is 0 Å². The van der Waals surface area contributed by atoms with Crippen LogP contribution in [0.25, 0.3) is 0 Å². The van der Waals surface area contributed by atoms with Gasteiger partial charge in [-0.25, -0.2) is 0 Å². The largest absolute Gasteiger partial charge is 0.481 e. The second-order valence-electron chi connectivity index (χ2n) is 10.2. The van der Waals surface area contributed by atoms with Gasteiger partial charge in [-0.2, -0.15) is 0 Å². The molecule has 204 valence electrons. The van der Waals surface area contributed by atoms with Gasteiger partial charge in [-0.1, -0.05) is 96.8 Å². The molecule has 34 heavy (non-hydrogen) atoms. The molecule has 0 saturated carbocycles. The van der Waals surface area contributed by atoms with E-state index in [1.165, 1.54) is 103 Å². The van der Waals surface area contributed by atoms with Gasteiger partial charge in [0.05, 0.1) is 53.0 Å². The van der Waals surface area contributed by atoms with Crippen molar-refractivity contribution in [3.05, 3.63) is 0 Å². The predicted octanol–water partition coefficient (Wildman–Crippen LogP) is 6.19. The summed E-state index contributed by atoms with van der Waals surface area (Å²) in [5, 5.41) is 17.6. The number of carboxylic acid groups (broad SMARTS) is 1. The first-order chi connectivity index (χ1) is 16.5. The molecule has 0 aliphatic heterocycles. The molecule has 0 heterocycles. The van der Waals surface area contributed by atoms with Crippen LogP contribution in [0, 0.1) is 0 Å². The van der Waals surface area contributed by atoms with E-state index in [0.717, 1.165) is 24.1 Å². The number of nitrogens with zero attached hydrogens (tertiary/aromatic N) is 1. The highest BCUT2D eigenvalue weighted by molar-refractivity contribution is 5.66. The van der Waals surface area contributed by atoms with Crippen molar-refractivity contribution in [3.8, 4) is 0 Å². The lowest BCUT2D eigenvalue weighted by atomic mass is 10.0. The second-order valence-corrected chi connectivity index (χ2v) is 10.2. The van der Waals surface area contributed by atoms with E-state index in [1.807, 2.05) is 0 Å². The summed E-state index contributed by atoms with van der Waals surface area (Å²) in [7, 11) is 2.23. The van der Waals surface area contributed by atoms with E-state index in [2.05, 4.69) is 14.0 Å². The molecule has 0 saturated heterocycles. The molecule has 6 heteroatoms. The van der Waals surface area contributed by atoms with Crippen LogP contribution in [0.15, 0.2) is 0 Å². The molecule has 0 aromatic rings. The number of aliphatic hydroxyl groups excluding tert-OH is 1. The van der Waals surface area contributed by atoms with E-state index in [1.54, 1.807) is 0 Å². The minimum Gasteiger partial charge on any atom is -0.481 e. The molecule has 2 N–H and O–H groups in total. The molecule has 1 unspecified atom stereocenters. The highest BCUT2D eigenvalue weighted by Crippen LogP contribution is 2.14. The summed E-state index contributed by atoms with van der Waals surface area (Å²) in [6, 6.07) is 0. The molecule has 0 aromatic heterocycles. The highest BCUT2D eigenvalue weighted by atomic mass is 16.5. The number of unbranched alkanes of at least 4 members (excludes halogenated alkanes) is 15. The van der Waals surface area contributed by atoms with Crippen LogP contribution < -0.4 is 0 Å². The van der Waals surface area contributed by atoms with E-state index in [9.17, 15) is 4.79 Å². The number of likely N-dealkylation sites (N-methyl/N-ethyl adjacent to an activating group) is 1. The zero-order chi connectivity index (χ0) is 25.2. The zero-order valence-electron chi connectivity index (χ0n) is 22.7. The first-order valence-corrected chi connectivity index (χ1v) is 14.4. The Morgan fingerprint density at radius 1 is 0.618 bits per heavy atom. The molecular formula is C28H58NO5+. The average Bonchev–Trinajstić information content (AvgIpc) is 2.81. The lowest BCUT2D eigenvalue weighted by Gasteiger charge is -2.34. The van der Waals surface area contributed by atoms with Crippen LogP contribution in [-0.4, -0.2) is 80.4 Å². The third-order valence-electron chi connectivity index (χ3n) is 6.80. The van der Waals surface area contributed by atoms with Gasteiger partial charge < -0.3 is 24.2 Å². The number of carboxylic acids is 1. The standard InChI is InChI=1S/C28H57NO5/c1-3-4-5-6-7-8-9-10-11-12-13-14-15-16-17-18-20-29(2,22-26-34-27-23-30)21-25-33-24-19-28(31)32/h30H,3-27H2,1-2H3/p+1. The molecular weight excluding hydrogens is 430 g/mol. The number of aliphatic carboxylic acids is 1. The van der Waals surface area contributed by atoms with Gasteiger partial charge in [-0.15, -0.1) is 0 Å². The minimum atomic E-state index is -0.817. The number of quaternary nitrogens is 1. The van der Waals surface area contributed by atoms with Crippen molar-refractivity contribution >= 4 is 5.97 Å². The Balaban J connectivity index is 3.72. The Labute approximate surface area is 211 Å². The van der Waals surface area contributed by atoms with Gasteiger partial charge in [0.2, 0.25) is 0 Å². The predicted molar refractivity (Wildman–Crippen MR) is 141 cm³/mol. The summed E-state index contributed by atoms with van der Waals surface area (Å²) in [4.78, 5) is 10.6. The van der Waals surface area contributed by atoms with Gasteiger partial charge in [-0.3, -0.25) is 4.79 Å². The SMILES string of the molecule is CCCCCCCCCCCCCCCCCC[N+](C)(CCOCCO)CCOCCC(=O)O. The summed E-state index contributed by atoms with van der Waals surface area (Å²) in [5.74, 6) is -0.817. The Morgan fingerprint density at radius 2 is 1.03 bits per heavy atom. The summed E-state index contributed by atoms with van der Waals surface area (Å²) in [6.45, 7) is 7.03. The molecule has 6 nitrogen and oxygen atoms in total. The fourth-order valence-corrected chi connectivity index (χ4v) is 4.38. The quantitative estimate of drug-likeness (QED) is 0.101. The Morgan fingerprint density at radius 3 is 1.44 bits per heavy atom. The zero-order valence-corrected chi connectivity index (χ0v) is 22.7. The van der Waals surface area contributed by atoms with Crippen molar-refractivity contribution in [2.45, 2.75) is 116 Å². The van der Waals surface area contributed by atoms with E-state index in [-0.39, 0.29) is 19.6 Å². The third-order valence-corrected chi connectivity index (χ3v) is 6.80. The van der Waals surface area contributed by atoms with Crippen LogP contribution in [0.5, 0.6) is 0 Å². The van der Waals surface area contributed by atoms with Gasteiger partial charge >= 0.3 is 5.97 Å². The summed E-state index contributed by atoms with van der Waals surface area (Å²) in [5.41, 5.74) is 0. The van der Waals surface area contributed by atoms with Crippen LogP contribution in [-0.2, 0) is 14.3 Å². The summed E-state index contributed by atoms with van der Waals surface area (Å²) < 4.78 is 11.9. The van der Waals surface area contributed by atoms with Crippen molar-refractivity contribution in [2.75, 3.05) is 59.7 Å². The topological polar surface area (TPSA) is 76.0 Å².